The van der Waals surface area contributed by atoms with Crippen molar-refractivity contribution in [2.75, 3.05) is 0 Å². The van der Waals surface area contributed by atoms with Gasteiger partial charge in [0, 0.05) is 45.6 Å². The van der Waals surface area contributed by atoms with Crippen molar-refractivity contribution in [3.63, 3.8) is 0 Å². The largest absolute Gasteiger partial charge is 0.354 e. The monoisotopic (exact) mass is 635 g/mol. The van der Waals surface area contributed by atoms with Gasteiger partial charge in [0.1, 0.15) is 8.07 Å². The number of nitrogens with zero attached hydrogens (tertiary/aromatic N) is 3. The van der Waals surface area contributed by atoms with Crippen LogP contribution in [0.4, 0.5) is 0 Å². The van der Waals surface area contributed by atoms with E-state index in [-0.39, 0.29) is 0 Å². The zero-order valence-corrected chi connectivity index (χ0v) is 28.0. The molecule has 0 aliphatic carbocycles. The highest BCUT2D eigenvalue weighted by Gasteiger charge is 2.18. The molecule has 5 nitrogen and oxygen atoms in total. The summed E-state index contributed by atoms with van der Waals surface area (Å²) in [5.74, 6) is 3.57. The van der Waals surface area contributed by atoms with Crippen molar-refractivity contribution in [1.29, 1.82) is 0 Å². The molecule has 6 heteroatoms. The van der Waals surface area contributed by atoms with E-state index in [2.05, 4.69) is 143 Å². The molecular weight excluding hydrogens is 603 g/mol. The van der Waals surface area contributed by atoms with Crippen LogP contribution < -0.4 is 0 Å². The van der Waals surface area contributed by atoms with Crippen molar-refractivity contribution in [3.8, 4) is 44.8 Å². The summed E-state index contributed by atoms with van der Waals surface area (Å²) < 4.78 is 0. The zero-order valence-electron chi connectivity index (χ0n) is 27.0. The number of rotatable bonds is 3. The normalized spacial score (nSPS) is 12.1. The molecule has 2 aliphatic heterocycles. The van der Waals surface area contributed by atoms with Crippen molar-refractivity contribution in [2.24, 2.45) is 0 Å². The Balaban J connectivity index is 1.57. The quantitative estimate of drug-likeness (QED) is 0.150. The molecule has 2 aliphatic rings. The van der Waals surface area contributed by atoms with E-state index in [4.69, 9.17) is 9.97 Å². The highest BCUT2D eigenvalue weighted by Crippen LogP contribution is 2.36. The van der Waals surface area contributed by atoms with Gasteiger partial charge >= 0.3 is 0 Å². The number of fused-ring (bicyclic) bond motifs is 8. The molecule has 0 spiro atoms. The Morgan fingerprint density at radius 3 is 1.40 bits per heavy atom. The number of aromatic nitrogens is 5. The van der Waals surface area contributed by atoms with Crippen molar-refractivity contribution < 1.29 is 0 Å². The van der Waals surface area contributed by atoms with Gasteiger partial charge in [-0.3, -0.25) is 4.98 Å². The molecule has 0 saturated carbocycles. The molecule has 0 atom stereocenters. The van der Waals surface area contributed by atoms with Crippen LogP contribution in [0, 0.1) is 11.5 Å². The minimum atomic E-state index is -1.70. The summed E-state index contributed by atoms with van der Waals surface area (Å²) in [6, 6.07) is 33.5. The molecule has 2 aromatic carbocycles. The van der Waals surface area contributed by atoms with Crippen LogP contribution in [0.1, 0.15) is 28.3 Å². The van der Waals surface area contributed by atoms with Gasteiger partial charge < -0.3 is 9.97 Å². The Hall–Kier alpha value is -6.03. The highest BCUT2D eigenvalue weighted by molar-refractivity contribution is 6.83. The van der Waals surface area contributed by atoms with E-state index < -0.39 is 8.07 Å². The summed E-state index contributed by atoms with van der Waals surface area (Å²) in [7, 11) is -1.70. The lowest BCUT2D eigenvalue weighted by molar-refractivity contribution is 1.30. The van der Waals surface area contributed by atoms with Gasteiger partial charge in [-0.25, -0.2) is 9.97 Å². The third kappa shape index (κ3) is 5.61. The standard InChI is InChI=1S/C42H33N5Si/c1-48(2,3)27-24-31-32-14-16-34(44-32)40(28-10-6-4-7-11-28)36-18-20-38(46-36)42(30-22-25-43-26-23-30)39-21-19-37(47-39)41(29-12-8-5-9-13-29)35-17-15-33(31)45-35/h4-23,25-26,44,47H,1-3H3. The van der Waals surface area contributed by atoms with E-state index in [0.717, 1.165) is 83.8 Å². The van der Waals surface area contributed by atoms with Gasteiger partial charge in [0.25, 0.3) is 0 Å². The van der Waals surface area contributed by atoms with Crippen LogP contribution in [0.25, 0.3) is 79.8 Å². The average Bonchev–Trinajstić information content (AvgIpc) is 3.93. The van der Waals surface area contributed by atoms with Crippen LogP contribution in [0.15, 0.2) is 109 Å². The van der Waals surface area contributed by atoms with Crippen LogP contribution in [0.2, 0.25) is 19.6 Å². The number of aromatic amines is 2. The Bertz CT molecular complexity index is 2430. The summed E-state index contributed by atoms with van der Waals surface area (Å²) in [6.45, 7) is 6.80. The molecule has 6 aromatic rings. The van der Waals surface area contributed by atoms with E-state index in [1.54, 1.807) is 0 Å². The number of nitrogens with one attached hydrogen (secondary N) is 2. The minimum absolute atomic E-state index is 0.843. The van der Waals surface area contributed by atoms with Crippen molar-refractivity contribution in [1.82, 2.24) is 24.9 Å². The molecular formula is C42H33N5Si. The first-order chi connectivity index (χ1) is 23.4. The Labute approximate surface area is 280 Å². The topological polar surface area (TPSA) is 70.2 Å². The van der Waals surface area contributed by atoms with Crippen LogP contribution in [0.3, 0.4) is 0 Å². The van der Waals surface area contributed by atoms with Crippen molar-refractivity contribution in [3.05, 3.63) is 138 Å². The van der Waals surface area contributed by atoms with Crippen LogP contribution in [-0.2, 0) is 0 Å². The van der Waals surface area contributed by atoms with Crippen LogP contribution >= 0.6 is 0 Å². The second kappa shape index (κ2) is 12.0. The van der Waals surface area contributed by atoms with Gasteiger partial charge in [-0.1, -0.05) is 86.2 Å². The van der Waals surface area contributed by atoms with Gasteiger partial charge in [-0.05, 0) is 77.4 Å². The number of pyridine rings is 1. The summed E-state index contributed by atoms with van der Waals surface area (Å²) in [5.41, 5.74) is 18.0. The third-order valence-electron chi connectivity index (χ3n) is 8.41. The summed E-state index contributed by atoms with van der Waals surface area (Å²) in [4.78, 5) is 22.4. The predicted molar refractivity (Wildman–Crippen MR) is 203 cm³/mol. The smallest absolute Gasteiger partial charge is 0.129 e. The maximum atomic E-state index is 5.32. The number of benzene rings is 2. The molecule has 0 amide bonds. The molecule has 0 radical (unpaired) electrons. The lowest BCUT2D eigenvalue weighted by Crippen LogP contribution is -2.16. The fraction of sp³-hybridized carbons (Fsp3) is 0.0714. The molecule has 8 bridgehead atoms. The molecule has 0 unspecified atom stereocenters. The maximum absolute atomic E-state index is 5.32. The molecule has 48 heavy (non-hydrogen) atoms. The first-order valence-electron chi connectivity index (χ1n) is 16.1. The van der Waals surface area contributed by atoms with Crippen LogP contribution in [0.5, 0.6) is 0 Å². The molecule has 2 N–H and O–H groups in total. The molecule has 8 rings (SSSR count). The fourth-order valence-corrected chi connectivity index (χ4v) is 6.73. The molecule has 230 valence electrons. The second-order valence-corrected chi connectivity index (χ2v) is 17.7. The Kier molecular flexibility index (Phi) is 7.32. The number of H-pyrrole nitrogens is 2. The highest BCUT2D eigenvalue weighted by atomic mass is 28.3. The number of hydrogen-bond acceptors (Lipinski definition) is 3. The minimum Gasteiger partial charge on any atom is -0.354 e. The van der Waals surface area contributed by atoms with E-state index in [1.165, 1.54) is 0 Å². The number of hydrogen-bond donors (Lipinski definition) is 2. The van der Waals surface area contributed by atoms with Gasteiger partial charge in [0.2, 0.25) is 0 Å². The molecule has 4 aromatic heterocycles. The van der Waals surface area contributed by atoms with E-state index in [1.807, 2.05) is 36.7 Å². The summed E-state index contributed by atoms with van der Waals surface area (Å²) in [6.07, 6.45) is 12.1. The molecule has 0 saturated heterocycles. The first-order valence-corrected chi connectivity index (χ1v) is 19.6. The van der Waals surface area contributed by atoms with Gasteiger partial charge in [-0.15, -0.1) is 5.54 Å². The SMILES string of the molecule is C[Si](C)(C)C#Cc1c2nc(c(-c3ccccc3)c3ccc([nH]3)c(-c3ccncc3)c3nc(c(-c4ccccc4)c4ccc1[nH]4)C=C3)C=C2. The fourth-order valence-electron chi connectivity index (χ4n) is 6.23. The van der Waals surface area contributed by atoms with Gasteiger partial charge in [0.05, 0.1) is 33.9 Å². The Morgan fingerprint density at radius 2 is 0.896 bits per heavy atom. The van der Waals surface area contributed by atoms with E-state index in [9.17, 15) is 0 Å². The average molecular weight is 636 g/mol. The lowest BCUT2D eigenvalue weighted by atomic mass is 10.0. The lowest BCUT2D eigenvalue weighted by Gasteiger charge is -2.06. The Morgan fingerprint density at radius 1 is 0.479 bits per heavy atom. The van der Waals surface area contributed by atoms with Crippen molar-refractivity contribution in [2.45, 2.75) is 19.6 Å². The summed E-state index contributed by atoms with van der Waals surface area (Å²) in [5, 5.41) is 0. The molecule has 6 heterocycles. The zero-order chi connectivity index (χ0) is 32.7. The third-order valence-corrected chi connectivity index (χ3v) is 9.29. The second-order valence-electron chi connectivity index (χ2n) is 13.0. The predicted octanol–water partition coefficient (Wildman–Crippen LogP) is 10.3. The molecule has 0 fully saturated rings. The van der Waals surface area contributed by atoms with Crippen molar-refractivity contribution >= 4 is 54.4 Å². The van der Waals surface area contributed by atoms with E-state index in [0.29, 0.717) is 0 Å². The van der Waals surface area contributed by atoms with Crippen LogP contribution in [-0.4, -0.2) is 33.0 Å². The van der Waals surface area contributed by atoms with Gasteiger partial charge in [-0.2, -0.15) is 0 Å². The van der Waals surface area contributed by atoms with E-state index >= 15 is 0 Å². The first kappa shape index (κ1) is 29.4. The van der Waals surface area contributed by atoms with Gasteiger partial charge in [0.15, 0.2) is 0 Å². The maximum Gasteiger partial charge on any atom is 0.129 e. The summed E-state index contributed by atoms with van der Waals surface area (Å²) >= 11 is 0.